The number of allylic oxidation sites excluding steroid dienone is 1. The van der Waals surface area contributed by atoms with Gasteiger partial charge in [-0.1, -0.05) is 43.2 Å². The second-order valence-corrected chi connectivity index (χ2v) is 11.3. The van der Waals surface area contributed by atoms with Crippen LogP contribution in [0, 0.1) is 11.3 Å². The summed E-state index contributed by atoms with van der Waals surface area (Å²) in [6.07, 6.45) is 10.5. The molecule has 3 aliphatic carbocycles. The standard InChI is InChI=1S/C27H36N2OS/c1-17(2)19-11-13-26(14-12-19)16-22-10-9-21(20-7-5-6-8-20)15-23(22)27(26)24(30)29(18(3)4)25(31)28-27/h9-10,15,18-20H,1,5-8,11-14,16H2,2-4H3,(H,28,31). The number of rotatable bonds is 3. The molecule has 1 atom stereocenters. The number of hydrogen-bond acceptors (Lipinski definition) is 2. The molecular formula is C27H36N2OS. The zero-order chi connectivity index (χ0) is 22.0. The summed E-state index contributed by atoms with van der Waals surface area (Å²) in [5.41, 5.74) is 4.49. The Morgan fingerprint density at radius 2 is 1.87 bits per heavy atom. The van der Waals surface area contributed by atoms with Crippen molar-refractivity contribution in [3.8, 4) is 0 Å². The molecule has 2 saturated carbocycles. The van der Waals surface area contributed by atoms with E-state index >= 15 is 0 Å². The van der Waals surface area contributed by atoms with Crippen molar-refractivity contribution in [2.75, 3.05) is 0 Å². The molecule has 1 amide bonds. The number of thiocarbonyl (C=S) groups is 1. The summed E-state index contributed by atoms with van der Waals surface area (Å²) in [4.78, 5) is 16.1. The smallest absolute Gasteiger partial charge is 0.259 e. The number of hydrogen-bond donors (Lipinski definition) is 1. The lowest BCUT2D eigenvalue weighted by Gasteiger charge is -2.47. The fraction of sp³-hybridized carbons (Fsp3) is 0.630. The minimum atomic E-state index is -0.696. The summed E-state index contributed by atoms with van der Waals surface area (Å²) in [5, 5.41) is 4.29. The highest BCUT2D eigenvalue weighted by atomic mass is 32.1. The van der Waals surface area contributed by atoms with Gasteiger partial charge >= 0.3 is 0 Å². The second-order valence-electron chi connectivity index (χ2n) is 10.9. The number of nitrogens with one attached hydrogen (secondary N) is 1. The zero-order valence-electron chi connectivity index (χ0n) is 19.3. The predicted molar refractivity (Wildman–Crippen MR) is 130 cm³/mol. The first-order valence-corrected chi connectivity index (χ1v) is 12.6. The molecule has 1 aromatic rings. The maximum atomic E-state index is 14.2. The fourth-order valence-corrected chi connectivity index (χ4v) is 7.61. The Labute approximate surface area is 192 Å². The van der Waals surface area contributed by atoms with E-state index in [0.29, 0.717) is 16.9 Å². The zero-order valence-corrected chi connectivity index (χ0v) is 20.1. The van der Waals surface area contributed by atoms with Crippen molar-refractivity contribution >= 4 is 23.2 Å². The number of nitrogens with zero attached hydrogens (tertiary/aromatic N) is 1. The molecule has 1 unspecified atom stereocenters. The fourth-order valence-electron chi connectivity index (χ4n) is 7.17. The highest BCUT2D eigenvalue weighted by Gasteiger charge is 2.67. The molecule has 2 spiro atoms. The third-order valence-electron chi connectivity index (χ3n) is 8.90. The van der Waals surface area contributed by atoms with Crippen molar-refractivity contribution in [2.24, 2.45) is 11.3 Å². The van der Waals surface area contributed by atoms with Crippen molar-refractivity contribution in [3.63, 3.8) is 0 Å². The Hall–Kier alpha value is -1.68. The van der Waals surface area contributed by atoms with Crippen molar-refractivity contribution in [3.05, 3.63) is 47.0 Å². The SMILES string of the molecule is C=C(C)C1CCC2(CC1)Cc1ccc(C3CCCC3)cc1C21NC(=S)N(C(C)C)C1=O. The van der Waals surface area contributed by atoms with E-state index in [1.165, 1.54) is 47.9 Å². The predicted octanol–water partition coefficient (Wildman–Crippen LogP) is 5.97. The molecular weight excluding hydrogens is 400 g/mol. The summed E-state index contributed by atoms with van der Waals surface area (Å²) in [7, 11) is 0. The molecule has 1 heterocycles. The van der Waals surface area contributed by atoms with Crippen LogP contribution >= 0.6 is 12.2 Å². The largest absolute Gasteiger partial charge is 0.344 e. The van der Waals surface area contributed by atoms with Crippen LogP contribution in [0.15, 0.2) is 30.4 Å². The number of amides is 1. The third-order valence-corrected chi connectivity index (χ3v) is 9.20. The first-order chi connectivity index (χ1) is 14.8. The van der Waals surface area contributed by atoms with Crippen molar-refractivity contribution < 1.29 is 4.79 Å². The van der Waals surface area contributed by atoms with Crippen LogP contribution in [-0.2, 0) is 16.8 Å². The maximum absolute atomic E-state index is 14.2. The van der Waals surface area contributed by atoms with Crippen LogP contribution in [0.5, 0.6) is 0 Å². The minimum Gasteiger partial charge on any atom is -0.344 e. The summed E-state index contributed by atoms with van der Waals surface area (Å²) in [6, 6.07) is 7.14. The molecule has 5 rings (SSSR count). The molecule has 0 aromatic heterocycles. The summed E-state index contributed by atoms with van der Waals surface area (Å²) < 4.78 is 0. The molecule has 4 heteroatoms. The highest BCUT2D eigenvalue weighted by Crippen LogP contribution is 2.61. The van der Waals surface area contributed by atoms with E-state index in [9.17, 15) is 4.79 Å². The number of benzene rings is 1. The molecule has 3 fully saturated rings. The van der Waals surface area contributed by atoms with Gasteiger partial charge in [-0.05, 0) is 106 Å². The Kier molecular flexibility index (Phi) is 5.08. The molecule has 4 aliphatic rings. The van der Waals surface area contributed by atoms with E-state index in [4.69, 9.17) is 12.2 Å². The van der Waals surface area contributed by atoms with E-state index in [0.717, 1.165) is 32.1 Å². The molecule has 1 saturated heterocycles. The topological polar surface area (TPSA) is 32.3 Å². The Balaban J connectivity index is 1.62. The van der Waals surface area contributed by atoms with E-state index in [1.807, 2.05) is 4.90 Å². The lowest BCUT2D eigenvalue weighted by Crippen LogP contribution is -2.56. The third kappa shape index (κ3) is 2.97. The van der Waals surface area contributed by atoms with Gasteiger partial charge < -0.3 is 5.32 Å². The van der Waals surface area contributed by atoms with Crippen LogP contribution in [0.1, 0.15) is 94.7 Å². The van der Waals surface area contributed by atoms with Gasteiger partial charge in [-0.2, -0.15) is 0 Å². The van der Waals surface area contributed by atoms with Crippen molar-refractivity contribution in [1.29, 1.82) is 0 Å². The van der Waals surface area contributed by atoms with Crippen LogP contribution in [-0.4, -0.2) is 22.0 Å². The minimum absolute atomic E-state index is 0.0674. The molecule has 166 valence electrons. The molecule has 31 heavy (non-hydrogen) atoms. The monoisotopic (exact) mass is 436 g/mol. The van der Waals surface area contributed by atoms with Crippen LogP contribution in [0.4, 0.5) is 0 Å². The van der Waals surface area contributed by atoms with Gasteiger partial charge in [0.05, 0.1) is 0 Å². The maximum Gasteiger partial charge on any atom is 0.259 e. The summed E-state index contributed by atoms with van der Waals surface area (Å²) in [5.74, 6) is 1.40. The van der Waals surface area contributed by atoms with Crippen LogP contribution in [0.3, 0.4) is 0 Å². The van der Waals surface area contributed by atoms with E-state index in [1.54, 1.807) is 0 Å². The van der Waals surface area contributed by atoms with Gasteiger partial charge in [-0.3, -0.25) is 9.69 Å². The summed E-state index contributed by atoms with van der Waals surface area (Å²) in [6.45, 7) is 10.5. The van der Waals surface area contributed by atoms with Crippen LogP contribution in [0.25, 0.3) is 0 Å². The van der Waals surface area contributed by atoms with E-state index in [2.05, 4.69) is 50.9 Å². The van der Waals surface area contributed by atoms with Gasteiger partial charge in [0, 0.05) is 11.5 Å². The normalized spacial score (nSPS) is 33.0. The Bertz CT molecular complexity index is 937. The summed E-state index contributed by atoms with van der Waals surface area (Å²) >= 11 is 5.77. The van der Waals surface area contributed by atoms with Gasteiger partial charge in [0.15, 0.2) is 10.7 Å². The van der Waals surface area contributed by atoms with Crippen molar-refractivity contribution in [1.82, 2.24) is 10.2 Å². The van der Waals surface area contributed by atoms with Crippen LogP contribution < -0.4 is 5.32 Å². The molecule has 0 bridgehead atoms. The first-order valence-electron chi connectivity index (χ1n) is 12.2. The average molecular weight is 437 g/mol. The average Bonchev–Trinajstić information content (AvgIpc) is 3.41. The molecule has 1 N–H and O–H groups in total. The van der Waals surface area contributed by atoms with Crippen molar-refractivity contribution in [2.45, 2.75) is 96.1 Å². The van der Waals surface area contributed by atoms with Gasteiger partial charge in [-0.25, -0.2) is 0 Å². The molecule has 3 nitrogen and oxygen atoms in total. The second kappa shape index (κ2) is 7.43. The Morgan fingerprint density at radius 3 is 2.45 bits per heavy atom. The highest BCUT2D eigenvalue weighted by molar-refractivity contribution is 7.80. The van der Waals surface area contributed by atoms with E-state index in [-0.39, 0.29) is 17.4 Å². The quantitative estimate of drug-likeness (QED) is 0.468. The number of carbonyl (C=O) groups excluding carboxylic acids is 1. The molecule has 1 aromatic carbocycles. The first kappa shape index (κ1) is 21.2. The lowest BCUT2D eigenvalue weighted by molar-refractivity contribution is -0.138. The van der Waals surface area contributed by atoms with Gasteiger partial charge in [0.1, 0.15) is 0 Å². The van der Waals surface area contributed by atoms with Gasteiger partial charge in [0.25, 0.3) is 5.91 Å². The van der Waals surface area contributed by atoms with Gasteiger partial charge in [0.2, 0.25) is 0 Å². The van der Waals surface area contributed by atoms with Gasteiger partial charge in [-0.15, -0.1) is 0 Å². The molecule has 0 radical (unpaired) electrons. The van der Waals surface area contributed by atoms with Crippen LogP contribution in [0.2, 0.25) is 0 Å². The number of carbonyl (C=O) groups is 1. The number of fused-ring (bicyclic) bond motifs is 3. The molecule has 1 aliphatic heterocycles. The Morgan fingerprint density at radius 1 is 1.19 bits per heavy atom. The lowest BCUT2D eigenvalue weighted by atomic mass is 9.59. The van der Waals surface area contributed by atoms with E-state index < -0.39 is 5.54 Å².